The molecule has 0 saturated carbocycles. The molecule has 0 spiro atoms. The second-order valence-corrected chi connectivity index (χ2v) is 4.61. The zero-order chi connectivity index (χ0) is 13.5. The van der Waals surface area contributed by atoms with E-state index in [4.69, 9.17) is 10.00 Å². The van der Waals surface area contributed by atoms with E-state index in [0.29, 0.717) is 30.3 Å². The van der Waals surface area contributed by atoms with E-state index in [1.807, 2.05) is 6.07 Å². The van der Waals surface area contributed by atoms with E-state index in [0.717, 1.165) is 19.4 Å². The summed E-state index contributed by atoms with van der Waals surface area (Å²) in [6.45, 7) is 2.15. The minimum atomic E-state index is -0.249. The molecule has 1 aromatic rings. The average molecular weight is 259 g/mol. The SMILES string of the molecule is N#Cc1cccc(NC(=O)NC[C@@H]2CCCOC2)c1. The van der Waals surface area contributed by atoms with Crippen LogP contribution in [0.2, 0.25) is 0 Å². The standard InChI is InChI=1S/C14H17N3O2/c15-8-11-3-1-5-13(7-11)17-14(18)16-9-12-4-2-6-19-10-12/h1,3,5,7,12H,2,4,6,9-10H2,(H2,16,17,18)/t12-/m0/s1. The van der Waals surface area contributed by atoms with Crippen molar-refractivity contribution in [1.29, 1.82) is 5.26 Å². The zero-order valence-corrected chi connectivity index (χ0v) is 10.7. The van der Waals surface area contributed by atoms with E-state index in [9.17, 15) is 4.79 Å². The molecule has 1 atom stereocenters. The van der Waals surface area contributed by atoms with Crippen LogP contribution in [0.3, 0.4) is 0 Å². The smallest absolute Gasteiger partial charge is 0.319 e. The maximum atomic E-state index is 11.7. The van der Waals surface area contributed by atoms with E-state index in [-0.39, 0.29) is 6.03 Å². The van der Waals surface area contributed by atoms with E-state index < -0.39 is 0 Å². The van der Waals surface area contributed by atoms with Gasteiger partial charge in [-0.05, 0) is 37.0 Å². The third kappa shape index (κ3) is 4.27. The van der Waals surface area contributed by atoms with E-state index >= 15 is 0 Å². The molecule has 1 saturated heterocycles. The summed E-state index contributed by atoms with van der Waals surface area (Å²) < 4.78 is 5.36. The fraction of sp³-hybridized carbons (Fsp3) is 0.429. The molecule has 2 amide bonds. The first-order valence-electron chi connectivity index (χ1n) is 6.40. The molecule has 5 nitrogen and oxygen atoms in total. The monoisotopic (exact) mass is 259 g/mol. The quantitative estimate of drug-likeness (QED) is 0.873. The molecule has 1 aliphatic heterocycles. The lowest BCUT2D eigenvalue weighted by Crippen LogP contribution is -2.35. The van der Waals surface area contributed by atoms with Gasteiger partial charge in [0, 0.05) is 18.8 Å². The first-order valence-corrected chi connectivity index (χ1v) is 6.40. The normalized spacial score (nSPS) is 18.4. The second kappa shape index (κ2) is 6.76. The Morgan fingerprint density at radius 1 is 1.53 bits per heavy atom. The Kier molecular flexibility index (Phi) is 4.76. The number of hydrogen-bond donors (Lipinski definition) is 2. The van der Waals surface area contributed by atoms with Gasteiger partial charge in [-0.1, -0.05) is 6.07 Å². The van der Waals surface area contributed by atoms with Crippen molar-refractivity contribution in [2.45, 2.75) is 12.8 Å². The number of carbonyl (C=O) groups excluding carboxylic acids is 1. The molecule has 1 aromatic carbocycles. The van der Waals surface area contributed by atoms with Crippen molar-refractivity contribution in [3.8, 4) is 6.07 Å². The van der Waals surface area contributed by atoms with Crippen molar-refractivity contribution in [3.63, 3.8) is 0 Å². The lowest BCUT2D eigenvalue weighted by molar-refractivity contribution is 0.0559. The maximum absolute atomic E-state index is 11.7. The number of amides is 2. The van der Waals surface area contributed by atoms with Crippen LogP contribution in [0.4, 0.5) is 10.5 Å². The van der Waals surface area contributed by atoms with Gasteiger partial charge in [-0.25, -0.2) is 4.79 Å². The lowest BCUT2D eigenvalue weighted by atomic mass is 10.0. The fourth-order valence-corrected chi connectivity index (χ4v) is 2.05. The van der Waals surface area contributed by atoms with Crippen molar-refractivity contribution in [1.82, 2.24) is 5.32 Å². The molecule has 0 unspecified atom stereocenters. The van der Waals surface area contributed by atoms with Gasteiger partial charge in [-0.3, -0.25) is 0 Å². The number of benzene rings is 1. The molecule has 19 heavy (non-hydrogen) atoms. The number of anilines is 1. The summed E-state index contributed by atoms with van der Waals surface area (Å²) in [4.78, 5) is 11.7. The van der Waals surface area contributed by atoms with Crippen molar-refractivity contribution in [2.24, 2.45) is 5.92 Å². The molecule has 0 aromatic heterocycles. The molecule has 5 heteroatoms. The number of ether oxygens (including phenoxy) is 1. The molecule has 0 radical (unpaired) electrons. The average Bonchev–Trinajstić information content (AvgIpc) is 2.46. The largest absolute Gasteiger partial charge is 0.381 e. The number of rotatable bonds is 3. The fourth-order valence-electron chi connectivity index (χ4n) is 2.05. The van der Waals surface area contributed by atoms with Crippen molar-refractivity contribution in [3.05, 3.63) is 29.8 Å². The zero-order valence-electron chi connectivity index (χ0n) is 10.7. The summed E-state index contributed by atoms with van der Waals surface area (Å²) in [5, 5.41) is 14.3. The summed E-state index contributed by atoms with van der Waals surface area (Å²) in [5.41, 5.74) is 1.15. The van der Waals surface area contributed by atoms with Crippen LogP contribution < -0.4 is 10.6 Å². The van der Waals surface area contributed by atoms with Gasteiger partial charge in [-0.15, -0.1) is 0 Å². The highest BCUT2D eigenvalue weighted by Gasteiger charge is 2.14. The van der Waals surface area contributed by atoms with Crippen molar-refractivity contribution < 1.29 is 9.53 Å². The van der Waals surface area contributed by atoms with Crippen LogP contribution in [0.1, 0.15) is 18.4 Å². The molecule has 2 N–H and O–H groups in total. The van der Waals surface area contributed by atoms with Crippen LogP contribution in [0.25, 0.3) is 0 Å². The molecular formula is C14H17N3O2. The predicted molar refractivity (Wildman–Crippen MR) is 71.7 cm³/mol. The van der Waals surface area contributed by atoms with E-state index in [2.05, 4.69) is 10.6 Å². The molecule has 2 rings (SSSR count). The van der Waals surface area contributed by atoms with E-state index in [1.54, 1.807) is 24.3 Å². The Labute approximate surface area is 112 Å². The first kappa shape index (κ1) is 13.4. The third-order valence-corrected chi connectivity index (χ3v) is 3.06. The highest BCUT2D eigenvalue weighted by atomic mass is 16.5. The Hall–Kier alpha value is -2.06. The summed E-state index contributed by atoms with van der Waals surface area (Å²) in [5.74, 6) is 0.393. The van der Waals surface area contributed by atoms with Gasteiger partial charge in [0.1, 0.15) is 0 Å². The minimum absolute atomic E-state index is 0.249. The molecule has 100 valence electrons. The second-order valence-electron chi connectivity index (χ2n) is 4.61. The number of nitrogens with one attached hydrogen (secondary N) is 2. The topological polar surface area (TPSA) is 74.2 Å². The third-order valence-electron chi connectivity index (χ3n) is 3.06. The molecule has 0 bridgehead atoms. The number of nitriles is 1. The number of hydrogen-bond acceptors (Lipinski definition) is 3. The Balaban J connectivity index is 1.78. The summed E-state index contributed by atoms with van der Waals surface area (Å²) in [7, 11) is 0. The van der Waals surface area contributed by atoms with Gasteiger partial charge in [-0.2, -0.15) is 5.26 Å². The summed E-state index contributed by atoms with van der Waals surface area (Å²) in [6, 6.07) is 8.62. The van der Waals surface area contributed by atoms with Gasteiger partial charge in [0.15, 0.2) is 0 Å². The van der Waals surface area contributed by atoms with Gasteiger partial charge in [0.05, 0.1) is 18.2 Å². The minimum Gasteiger partial charge on any atom is -0.381 e. The van der Waals surface area contributed by atoms with Crippen molar-refractivity contribution in [2.75, 3.05) is 25.1 Å². The lowest BCUT2D eigenvalue weighted by Gasteiger charge is -2.22. The highest BCUT2D eigenvalue weighted by Crippen LogP contribution is 2.12. The van der Waals surface area contributed by atoms with Crippen LogP contribution in [0.15, 0.2) is 24.3 Å². The van der Waals surface area contributed by atoms with Gasteiger partial charge in [0.2, 0.25) is 0 Å². The van der Waals surface area contributed by atoms with Crippen molar-refractivity contribution >= 4 is 11.7 Å². The molecule has 0 aliphatic carbocycles. The highest BCUT2D eigenvalue weighted by molar-refractivity contribution is 5.89. The Bertz CT molecular complexity index is 476. The number of urea groups is 1. The Morgan fingerprint density at radius 2 is 2.42 bits per heavy atom. The molecule has 1 aliphatic rings. The van der Waals surface area contributed by atoms with Gasteiger partial charge in [0.25, 0.3) is 0 Å². The predicted octanol–water partition coefficient (Wildman–Crippen LogP) is 2.11. The maximum Gasteiger partial charge on any atom is 0.319 e. The van der Waals surface area contributed by atoms with Gasteiger partial charge < -0.3 is 15.4 Å². The first-order chi connectivity index (χ1) is 9.28. The summed E-state index contributed by atoms with van der Waals surface area (Å²) >= 11 is 0. The molecule has 1 heterocycles. The van der Waals surface area contributed by atoms with Crippen LogP contribution >= 0.6 is 0 Å². The van der Waals surface area contributed by atoms with Crippen LogP contribution in [-0.4, -0.2) is 25.8 Å². The van der Waals surface area contributed by atoms with Crippen LogP contribution in [0.5, 0.6) is 0 Å². The Morgan fingerprint density at radius 3 is 3.16 bits per heavy atom. The molecular weight excluding hydrogens is 242 g/mol. The molecule has 1 fully saturated rings. The summed E-state index contributed by atoms with van der Waals surface area (Å²) in [6.07, 6.45) is 2.14. The van der Waals surface area contributed by atoms with Gasteiger partial charge >= 0.3 is 6.03 Å². The van der Waals surface area contributed by atoms with Crippen LogP contribution in [-0.2, 0) is 4.74 Å². The van der Waals surface area contributed by atoms with Crippen LogP contribution in [0, 0.1) is 17.2 Å². The van der Waals surface area contributed by atoms with E-state index in [1.165, 1.54) is 0 Å². The number of nitrogens with zero attached hydrogens (tertiary/aromatic N) is 1. The number of carbonyl (C=O) groups is 1.